The molecule has 1 atom stereocenters. The van der Waals surface area contributed by atoms with Crippen molar-refractivity contribution in [1.29, 1.82) is 0 Å². The largest absolute Gasteiger partial charge is 0.507 e. The van der Waals surface area contributed by atoms with Crippen LogP contribution in [-0.2, 0) is 0 Å². The molecule has 1 rings (SSSR count). The molecule has 1 amide bonds. The smallest absolute Gasteiger partial charge is 0.257 e. The van der Waals surface area contributed by atoms with Crippen molar-refractivity contribution < 1.29 is 9.90 Å². The summed E-state index contributed by atoms with van der Waals surface area (Å²) in [5.41, 5.74) is 0.272. The Bertz CT molecular complexity index is 398. The number of hydrogen-bond acceptors (Lipinski definition) is 2. The highest BCUT2D eigenvalue weighted by atomic mass is 79.9. The molecule has 88 valence electrons. The highest BCUT2D eigenvalue weighted by molar-refractivity contribution is 9.10. The van der Waals surface area contributed by atoms with Crippen molar-refractivity contribution in [2.75, 3.05) is 12.9 Å². The van der Waals surface area contributed by atoms with E-state index in [4.69, 9.17) is 11.6 Å². The maximum Gasteiger partial charge on any atom is 0.257 e. The van der Waals surface area contributed by atoms with Gasteiger partial charge in [0.25, 0.3) is 5.91 Å². The number of nitrogens with zero attached hydrogens (tertiary/aromatic N) is 1. The van der Waals surface area contributed by atoms with E-state index in [2.05, 4.69) is 15.9 Å². The summed E-state index contributed by atoms with van der Waals surface area (Å²) in [4.78, 5) is 13.5. The van der Waals surface area contributed by atoms with Crippen LogP contribution in [0.5, 0.6) is 5.75 Å². The molecule has 0 aromatic heterocycles. The van der Waals surface area contributed by atoms with Crippen LogP contribution in [-0.4, -0.2) is 34.9 Å². The average molecular weight is 307 g/mol. The summed E-state index contributed by atoms with van der Waals surface area (Å²) in [5, 5.41) is 9.61. The zero-order chi connectivity index (χ0) is 12.3. The van der Waals surface area contributed by atoms with E-state index >= 15 is 0 Å². The van der Waals surface area contributed by atoms with Crippen LogP contribution < -0.4 is 0 Å². The van der Waals surface area contributed by atoms with Gasteiger partial charge >= 0.3 is 0 Å². The minimum Gasteiger partial charge on any atom is -0.507 e. The number of carbonyl (C=O) groups excluding carboxylic acids is 1. The molecule has 1 N–H and O–H groups in total. The van der Waals surface area contributed by atoms with Crippen LogP contribution in [0.2, 0.25) is 0 Å². The van der Waals surface area contributed by atoms with Crippen molar-refractivity contribution >= 4 is 33.4 Å². The predicted octanol–water partition coefficient (Wildman–Crippen LogP) is 2.85. The Hall–Kier alpha value is -0.740. The Balaban J connectivity index is 3.00. The van der Waals surface area contributed by atoms with Crippen molar-refractivity contribution in [2.24, 2.45) is 0 Å². The number of carbonyl (C=O) groups is 1. The lowest BCUT2D eigenvalue weighted by atomic mass is 10.1. The normalized spacial score (nSPS) is 12.2. The number of halogens is 2. The zero-order valence-corrected chi connectivity index (χ0v) is 11.4. The summed E-state index contributed by atoms with van der Waals surface area (Å²) < 4.78 is 0.751. The Kier molecular flexibility index (Phi) is 4.62. The molecule has 0 heterocycles. The van der Waals surface area contributed by atoms with Crippen LogP contribution in [0.4, 0.5) is 0 Å². The van der Waals surface area contributed by atoms with E-state index in [1.807, 2.05) is 6.92 Å². The minimum absolute atomic E-state index is 0.0261. The van der Waals surface area contributed by atoms with Gasteiger partial charge in [0.05, 0.1) is 5.56 Å². The van der Waals surface area contributed by atoms with Crippen molar-refractivity contribution in [3.8, 4) is 5.75 Å². The number of alkyl halides is 1. The summed E-state index contributed by atoms with van der Waals surface area (Å²) >= 11 is 8.94. The maximum absolute atomic E-state index is 12.0. The van der Waals surface area contributed by atoms with E-state index in [0.717, 1.165) is 4.47 Å². The first kappa shape index (κ1) is 13.3. The first-order valence-electron chi connectivity index (χ1n) is 4.79. The fourth-order valence-electron chi connectivity index (χ4n) is 1.17. The second-order valence-electron chi connectivity index (χ2n) is 3.58. The molecule has 3 nitrogen and oxygen atoms in total. The lowest BCUT2D eigenvalue weighted by Crippen LogP contribution is -2.36. The van der Waals surface area contributed by atoms with Crippen LogP contribution in [0.3, 0.4) is 0 Å². The van der Waals surface area contributed by atoms with Gasteiger partial charge in [0.15, 0.2) is 0 Å². The highest BCUT2D eigenvalue weighted by Crippen LogP contribution is 2.23. The molecule has 0 radical (unpaired) electrons. The molecule has 0 saturated carbocycles. The number of rotatable bonds is 3. The molecule has 0 bridgehead atoms. The summed E-state index contributed by atoms with van der Waals surface area (Å²) in [7, 11) is 1.66. The van der Waals surface area contributed by atoms with Crippen LogP contribution in [0.15, 0.2) is 22.7 Å². The number of benzene rings is 1. The fourth-order valence-corrected chi connectivity index (χ4v) is 1.74. The number of phenols is 1. The van der Waals surface area contributed by atoms with Crippen molar-refractivity contribution in [2.45, 2.75) is 13.0 Å². The monoisotopic (exact) mass is 305 g/mol. The summed E-state index contributed by atoms with van der Waals surface area (Å²) in [6.07, 6.45) is 0. The van der Waals surface area contributed by atoms with Crippen LogP contribution in [0.25, 0.3) is 0 Å². The molecule has 0 spiro atoms. The van der Waals surface area contributed by atoms with E-state index in [1.165, 1.54) is 11.0 Å². The summed E-state index contributed by atoms with van der Waals surface area (Å²) in [5.74, 6) is 0.0885. The number of amides is 1. The van der Waals surface area contributed by atoms with E-state index in [-0.39, 0.29) is 23.3 Å². The molecule has 0 fully saturated rings. The van der Waals surface area contributed by atoms with Gasteiger partial charge in [-0.05, 0) is 25.1 Å². The van der Waals surface area contributed by atoms with Gasteiger partial charge in [0.2, 0.25) is 0 Å². The molecular weight excluding hydrogens is 293 g/mol. The van der Waals surface area contributed by atoms with Crippen molar-refractivity contribution in [1.82, 2.24) is 4.90 Å². The van der Waals surface area contributed by atoms with Gasteiger partial charge in [-0.2, -0.15) is 0 Å². The molecular formula is C11H13BrClNO2. The van der Waals surface area contributed by atoms with E-state index in [0.29, 0.717) is 5.88 Å². The summed E-state index contributed by atoms with van der Waals surface area (Å²) in [6.45, 7) is 1.85. The molecule has 1 aromatic carbocycles. The maximum atomic E-state index is 12.0. The van der Waals surface area contributed by atoms with Gasteiger partial charge in [0.1, 0.15) is 5.75 Å². The molecule has 1 unspecified atom stereocenters. The molecule has 1 aromatic rings. The number of aromatic hydroxyl groups is 1. The van der Waals surface area contributed by atoms with Gasteiger partial charge in [-0.15, -0.1) is 11.6 Å². The molecule has 0 aliphatic heterocycles. The third kappa shape index (κ3) is 2.89. The highest BCUT2D eigenvalue weighted by Gasteiger charge is 2.19. The van der Waals surface area contributed by atoms with Crippen LogP contribution >= 0.6 is 27.5 Å². The van der Waals surface area contributed by atoms with Gasteiger partial charge < -0.3 is 10.0 Å². The lowest BCUT2D eigenvalue weighted by molar-refractivity contribution is 0.0753. The van der Waals surface area contributed by atoms with Gasteiger partial charge in [-0.25, -0.2) is 0 Å². The second-order valence-corrected chi connectivity index (χ2v) is 4.81. The first-order chi connectivity index (χ1) is 7.47. The standard InChI is InChI=1S/C11H13BrClNO2/c1-7(6-13)14(2)11(16)9-5-8(12)3-4-10(9)15/h3-5,7,15H,6H2,1-2H3. The third-order valence-corrected chi connectivity index (χ3v) is 3.33. The van der Waals surface area contributed by atoms with E-state index in [9.17, 15) is 9.90 Å². The molecule has 16 heavy (non-hydrogen) atoms. The average Bonchev–Trinajstić information content (AvgIpc) is 2.29. The van der Waals surface area contributed by atoms with Crippen LogP contribution in [0.1, 0.15) is 17.3 Å². The van der Waals surface area contributed by atoms with Gasteiger partial charge in [-0.3, -0.25) is 4.79 Å². The molecule has 5 heteroatoms. The number of hydrogen-bond donors (Lipinski definition) is 1. The zero-order valence-electron chi connectivity index (χ0n) is 9.08. The Morgan fingerprint density at radius 3 is 2.81 bits per heavy atom. The van der Waals surface area contributed by atoms with E-state index < -0.39 is 0 Å². The summed E-state index contributed by atoms with van der Waals surface area (Å²) in [6, 6.07) is 4.68. The predicted molar refractivity (Wildman–Crippen MR) is 68.1 cm³/mol. The van der Waals surface area contributed by atoms with Gasteiger partial charge in [0, 0.05) is 23.4 Å². The molecule has 0 saturated heterocycles. The number of phenolic OH excluding ortho intramolecular Hbond substituents is 1. The topological polar surface area (TPSA) is 40.5 Å². The third-order valence-electron chi connectivity index (χ3n) is 2.39. The van der Waals surface area contributed by atoms with Gasteiger partial charge in [-0.1, -0.05) is 15.9 Å². The minimum atomic E-state index is -0.244. The SMILES string of the molecule is CC(CCl)N(C)C(=O)c1cc(Br)ccc1O. The van der Waals surface area contributed by atoms with E-state index in [1.54, 1.807) is 19.2 Å². The Labute approximate surface area is 108 Å². The van der Waals surface area contributed by atoms with Crippen molar-refractivity contribution in [3.05, 3.63) is 28.2 Å². The molecule has 0 aliphatic rings. The molecule has 0 aliphatic carbocycles. The fraction of sp³-hybridized carbons (Fsp3) is 0.364. The Morgan fingerprint density at radius 2 is 2.25 bits per heavy atom. The second kappa shape index (κ2) is 5.55. The lowest BCUT2D eigenvalue weighted by Gasteiger charge is -2.23. The van der Waals surface area contributed by atoms with Crippen molar-refractivity contribution in [3.63, 3.8) is 0 Å². The first-order valence-corrected chi connectivity index (χ1v) is 6.11. The van der Waals surface area contributed by atoms with Crippen LogP contribution in [0, 0.1) is 0 Å². The Morgan fingerprint density at radius 1 is 1.62 bits per heavy atom. The quantitative estimate of drug-likeness (QED) is 0.872.